The van der Waals surface area contributed by atoms with Gasteiger partial charge in [-0.2, -0.15) is 0 Å². The van der Waals surface area contributed by atoms with E-state index in [4.69, 9.17) is 9.26 Å². The third-order valence-electron chi connectivity index (χ3n) is 3.64. The van der Waals surface area contributed by atoms with Gasteiger partial charge in [0.05, 0.1) is 7.11 Å². The first kappa shape index (κ1) is 15.8. The van der Waals surface area contributed by atoms with Crippen LogP contribution in [0.15, 0.2) is 59.1 Å². The van der Waals surface area contributed by atoms with Crippen LogP contribution in [0.2, 0.25) is 0 Å². The molecule has 0 spiro atoms. The lowest BCUT2D eigenvalue weighted by atomic mass is 10.0. The summed E-state index contributed by atoms with van der Waals surface area (Å²) >= 11 is 0. The van der Waals surface area contributed by atoms with Crippen LogP contribution in [0.25, 0.3) is 0 Å². The van der Waals surface area contributed by atoms with Crippen molar-refractivity contribution in [2.75, 3.05) is 12.4 Å². The molecule has 1 heterocycles. The zero-order valence-electron chi connectivity index (χ0n) is 13.6. The van der Waals surface area contributed by atoms with Gasteiger partial charge in [-0.1, -0.05) is 35.5 Å². The first-order chi connectivity index (χ1) is 11.7. The average Bonchev–Trinajstić information content (AvgIpc) is 3.03. The lowest BCUT2D eigenvalue weighted by Crippen LogP contribution is -2.12. The van der Waals surface area contributed by atoms with Crippen molar-refractivity contribution in [1.29, 1.82) is 0 Å². The summed E-state index contributed by atoms with van der Waals surface area (Å²) in [5.41, 5.74) is 3.12. The molecule has 24 heavy (non-hydrogen) atoms. The van der Waals surface area contributed by atoms with Crippen molar-refractivity contribution in [1.82, 2.24) is 5.16 Å². The summed E-state index contributed by atoms with van der Waals surface area (Å²) in [4.78, 5) is 12.2. The molecule has 5 nitrogen and oxygen atoms in total. The van der Waals surface area contributed by atoms with Crippen LogP contribution in [0.5, 0.6) is 5.75 Å². The number of hydrogen-bond acceptors (Lipinski definition) is 4. The minimum atomic E-state index is -0.303. The first-order valence-electron chi connectivity index (χ1n) is 7.61. The van der Waals surface area contributed by atoms with Crippen LogP contribution in [0.1, 0.15) is 27.4 Å². The fraction of sp³-hybridized carbons (Fsp3) is 0.158. The molecule has 0 radical (unpaired) electrons. The van der Waals surface area contributed by atoms with Gasteiger partial charge in [0, 0.05) is 23.7 Å². The monoisotopic (exact) mass is 322 g/mol. The highest BCUT2D eigenvalue weighted by Gasteiger charge is 2.12. The number of carbonyl (C=O) groups excluding carboxylic acids is 1. The number of rotatable bonds is 5. The van der Waals surface area contributed by atoms with Gasteiger partial charge in [-0.05, 0) is 30.7 Å². The average molecular weight is 322 g/mol. The van der Waals surface area contributed by atoms with Crippen molar-refractivity contribution in [2.24, 2.45) is 0 Å². The summed E-state index contributed by atoms with van der Waals surface area (Å²) < 4.78 is 10.4. The number of aromatic nitrogens is 1. The molecule has 0 unspecified atom stereocenters. The van der Waals surface area contributed by atoms with Crippen LogP contribution in [0, 0.1) is 6.92 Å². The number of nitrogens with zero attached hydrogens (tertiary/aromatic N) is 1. The molecular formula is C19H18N2O3. The first-order valence-corrected chi connectivity index (χ1v) is 7.61. The fourth-order valence-electron chi connectivity index (χ4n) is 2.48. The maximum Gasteiger partial charge on any atom is 0.277 e. The van der Waals surface area contributed by atoms with Gasteiger partial charge in [-0.3, -0.25) is 4.79 Å². The summed E-state index contributed by atoms with van der Waals surface area (Å²) in [6, 6.07) is 17.3. The Labute approximate surface area is 140 Å². The van der Waals surface area contributed by atoms with E-state index in [0.29, 0.717) is 11.4 Å². The van der Waals surface area contributed by atoms with E-state index in [0.717, 1.165) is 17.7 Å². The number of benzene rings is 2. The van der Waals surface area contributed by atoms with E-state index >= 15 is 0 Å². The van der Waals surface area contributed by atoms with Crippen molar-refractivity contribution >= 4 is 11.6 Å². The topological polar surface area (TPSA) is 64.4 Å². The quantitative estimate of drug-likeness (QED) is 0.775. The maximum absolute atomic E-state index is 12.2. The Kier molecular flexibility index (Phi) is 4.61. The van der Waals surface area contributed by atoms with Gasteiger partial charge < -0.3 is 14.6 Å². The van der Waals surface area contributed by atoms with Crippen LogP contribution in [0.4, 0.5) is 5.69 Å². The zero-order chi connectivity index (χ0) is 16.9. The number of nitrogens with one attached hydrogen (secondary N) is 1. The number of carbonyl (C=O) groups is 1. The van der Waals surface area contributed by atoms with Gasteiger partial charge in [0.1, 0.15) is 11.5 Å². The van der Waals surface area contributed by atoms with Gasteiger partial charge in [-0.15, -0.1) is 0 Å². The fourth-order valence-corrected chi connectivity index (χ4v) is 2.48. The molecule has 0 bridgehead atoms. The number of methoxy groups -OCH3 is 1. The molecule has 2 aromatic carbocycles. The Hall–Kier alpha value is -3.08. The summed E-state index contributed by atoms with van der Waals surface area (Å²) in [5, 5.41) is 6.56. The minimum absolute atomic E-state index is 0.257. The van der Waals surface area contributed by atoms with E-state index < -0.39 is 0 Å². The Morgan fingerprint density at radius 2 is 1.96 bits per heavy atom. The Morgan fingerprint density at radius 3 is 2.62 bits per heavy atom. The lowest BCUT2D eigenvalue weighted by molar-refractivity contribution is 0.101. The minimum Gasteiger partial charge on any atom is -0.496 e. The second kappa shape index (κ2) is 7.00. The summed E-state index contributed by atoms with van der Waals surface area (Å²) in [7, 11) is 1.64. The van der Waals surface area contributed by atoms with Crippen molar-refractivity contribution in [3.05, 3.63) is 77.2 Å². The van der Waals surface area contributed by atoms with Gasteiger partial charge >= 0.3 is 0 Å². The number of anilines is 1. The van der Waals surface area contributed by atoms with E-state index in [1.165, 1.54) is 5.56 Å². The van der Waals surface area contributed by atoms with Gasteiger partial charge in [0.25, 0.3) is 5.91 Å². The molecule has 5 heteroatoms. The van der Waals surface area contributed by atoms with Gasteiger partial charge in [-0.25, -0.2) is 0 Å². The lowest BCUT2D eigenvalue weighted by Gasteiger charge is -2.11. The Bertz CT molecular complexity index is 841. The highest BCUT2D eigenvalue weighted by Crippen LogP contribution is 2.25. The van der Waals surface area contributed by atoms with E-state index in [9.17, 15) is 4.79 Å². The molecule has 1 aromatic heterocycles. The highest BCUT2D eigenvalue weighted by atomic mass is 16.5. The summed E-state index contributed by atoms with van der Waals surface area (Å²) in [5.74, 6) is 1.08. The Balaban J connectivity index is 1.82. The number of hydrogen-bond donors (Lipinski definition) is 1. The molecular weight excluding hydrogens is 304 g/mol. The summed E-state index contributed by atoms with van der Waals surface area (Å²) in [6.45, 7) is 1.75. The molecule has 3 aromatic rings. The van der Waals surface area contributed by atoms with E-state index in [-0.39, 0.29) is 11.6 Å². The van der Waals surface area contributed by atoms with Crippen LogP contribution < -0.4 is 10.1 Å². The van der Waals surface area contributed by atoms with Crippen LogP contribution in [0.3, 0.4) is 0 Å². The SMILES string of the molecule is COc1ccc(NC(=O)c2cc(C)on2)cc1Cc1ccccc1. The Morgan fingerprint density at radius 1 is 1.17 bits per heavy atom. The second-order valence-corrected chi connectivity index (χ2v) is 5.47. The summed E-state index contributed by atoms with van der Waals surface area (Å²) in [6.07, 6.45) is 0.719. The normalized spacial score (nSPS) is 10.4. The standard InChI is InChI=1S/C19H18N2O3/c1-13-10-17(21-24-13)19(22)20-16-8-9-18(23-2)15(12-16)11-14-6-4-3-5-7-14/h3-10,12H,11H2,1-2H3,(H,20,22). The molecule has 0 aliphatic carbocycles. The third-order valence-corrected chi connectivity index (χ3v) is 3.64. The second-order valence-electron chi connectivity index (χ2n) is 5.47. The molecule has 0 aliphatic rings. The predicted molar refractivity (Wildman–Crippen MR) is 91.4 cm³/mol. The van der Waals surface area contributed by atoms with Gasteiger partial charge in [0.2, 0.25) is 0 Å². The molecule has 1 N–H and O–H groups in total. The predicted octanol–water partition coefficient (Wildman–Crippen LogP) is 3.83. The zero-order valence-corrected chi connectivity index (χ0v) is 13.6. The molecule has 1 amide bonds. The van der Waals surface area contributed by atoms with Crippen LogP contribution >= 0.6 is 0 Å². The van der Waals surface area contributed by atoms with Crippen molar-refractivity contribution in [2.45, 2.75) is 13.3 Å². The maximum atomic E-state index is 12.2. The third kappa shape index (κ3) is 3.63. The molecule has 0 atom stereocenters. The van der Waals surface area contributed by atoms with Gasteiger partial charge in [0.15, 0.2) is 5.69 Å². The molecule has 0 aliphatic heterocycles. The number of aryl methyl sites for hydroxylation is 1. The largest absolute Gasteiger partial charge is 0.496 e. The van der Waals surface area contributed by atoms with E-state index in [2.05, 4.69) is 22.6 Å². The highest BCUT2D eigenvalue weighted by molar-refractivity contribution is 6.02. The number of ether oxygens (including phenoxy) is 1. The van der Waals surface area contributed by atoms with Crippen molar-refractivity contribution < 1.29 is 14.1 Å². The molecule has 3 rings (SSSR count). The van der Waals surface area contributed by atoms with Crippen LogP contribution in [-0.4, -0.2) is 18.2 Å². The van der Waals surface area contributed by atoms with E-state index in [1.807, 2.05) is 30.3 Å². The molecule has 0 saturated carbocycles. The molecule has 122 valence electrons. The molecule has 0 fully saturated rings. The van der Waals surface area contributed by atoms with E-state index in [1.54, 1.807) is 26.2 Å². The number of amides is 1. The smallest absolute Gasteiger partial charge is 0.277 e. The van der Waals surface area contributed by atoms with Crippen molar-refractivity contribution in [3.63, 3.8) is 0 Å². The van der Waals surface area contributed by atoms with Crippen LogP contribution in [-0.2, 0) is 6.42 Å². The molecule has 0 saturated heterocycles. The van der Waals surface area contributed by atoms with Crippen molar-refractivity contribution in [3.8, 4) is 5.75 Å².